The lowest BCUT2D eigenvalue weighted by atomic mass is 10.0. The van der Waals surface area contributed by atoms with Crippen LogP contribution in [0.25, 0.3) is 0 Å². The molecule has 3 rings (SSSR count). The Morgan fingerprint density at radius 3 is 2.68 bits per heavy atom. The highest BCUT2D eigenvalue weighted by molar-refractivity contribution is 5.64. The standard InChI is InChI=1S/C18H23N3O/c1-20(2)14-9-8-13-12-21(17(11-19)15(13)10-14)16-6-4-5-7-18(16)22-3/h4-10,17H,11-12,19H2,1-3H3. The molecule has 0 aromatic heterocycles. The molecular formula is C18H23N3O. The number of nitrogens with zero attached hydrogens (tertiary/aromatic N) is 2. The number of benzene rings is 2. The van der Waals surface area contributed by atoms with Crippen LogP contribution in [0.15, 0.2) is 42.5 Å². The summed E-state index contributed by atoms with van der Waals surface area (Å²) in [6.45, 7) is 1.45. The Bertz CT molecular complexity index is 669. The molecule has 1 unspecified atom stereocenters. The molecule has 0 fully saturated rings. The third-order valence-electron chi connectivity index (χ3n) is 4.34. The molecule has 1 aliphatic rings. The Morgan fingerprint density at radius 2 is 2.00 bits per heavy atom. The van der Waals surface area contributed by atoms with Gasteiger partial charge in [0.25, 0.3) is 0 Å². The number of nitrogens with two attached hydrogens (primary N) is 1. The van der Waals surface area contributed by atoms with E-state index < -0.39 is 0 Å². The molecule has 1 atom stereocenters. The minimum atomic E-state index is 0.186. The van der Waals surface area contributed by atoms with Crippen molar-refractivity contribution >= 4 is 11.4 Å². The summed E-state index contributed by atoms with van der Waals surface area (Å²) < 4.78 is 5.52. The first-order chi connectivity index (χ1) is 10.7. The molecule has 4 nitrogen and oxygen atoms in total. The number of hydrogen-bond acceptors (Lipinski definition) is 4. The van der Waals surface area contributed by atoms with Crippen LogP contribution in [0.5, 0.6) is 5.75 Å². The molecule has 0 radical (unpaired) electrons. The fourth-order valence-electron chi connectivity index (χ4n) is 3.15. The van der Waals surface area contributed by atoms with E-state index in [1.165, 1.54) is 16.8 Å². The summed E-state index contributed by atoms with van der Waals surface area (Å²) in [6, 6.07) is 14.9. The maximum atomic E-state index is 6.10. The molecule has 0 saturated heterocycles. The van der Waals surface area contributed by atoms with Gasteiger partial charge in [0.1, 0.15) is 5.75 Å². The van der Waals surface area contributed by atoms with Gasteiger partial charge >= 0.3 is 0 Å². The van der Waals surface area contributed by atoms with Crippen molar-refractivity contribution in [3.05, 3.63) is 53.6 Å². The second-order valence-corrected chi connectivity index (χ2v) is 5.83. The molecule has 116 valence electrons. The molecule has 2 N–H and O–H groups in total. The van der Waals surface area contributed by atoms with Gasteiger partial charge in [0.2, 0.25) is 0 Å². The minimum absolute atomic E-state index is 0.186. The molecule has 4 heteroatoms. The third-order valence-corrected chi connectivity index (χ3v) is 4.34. The van der Waals surface area contributed by atoms with Crippen molar-refractivity contribution < 1.29 is 4.74 Å². The fourth-order valence-corrected chi connectivity index (χ4v) is 3.15. The van der Waals surface area contributed by atoms with Gasteiger partial charge in [-0.15, -0.1) is 0 Å². The topological polar surface area (TPSA) is 41.7 Å². The molecule has 0 saturated carbocycles. The number of fused-ring (bicyclic) bond motifs is 1. The normalized spacial score (nSPS) is 16.5. The molecule has 0 aliphatic carbocycles. The summed E-state index contributed by atoms with van der Waals surface area (Å²) in [6.07, 6.45) is 0. The van der Waals surface area contributed by atoms with Crippen LogP contribution in [-0.4, -0.2) is 27.7 Å². The SMILES string of the molecule is COc1ccccc1N1Cc2ccc(N(C)C)cc2C1CN. The van der Waals surface area contributed by atoms with Crippen molar-refractivity contribution in [2.45, 2.75) is 12.6 Å². The van der Waals surface area contributed by atoms with Crippen LogP contribution in [-0.2, 0) is 6.54 Å². The first-order valence-corrected chi connectivity index (χ1v) is 7.55. The van der Waals surface area contributed by atoms with Gasteiger partial charge in [-0.1, -0.05) is 18.2 Å². The highest BCUT2D eigenvalue weighted by Crippen LogP contribution is 2.41. The van der Waals surface area contributed by atoms with Gasteiger partial charge in [-0.3, -0.25) is 0 Å². The van der Waals surface area contributed by atoms with Crippen LogP contribution in [0.3, 0.4) is 0 Å². The van der Waals surface area contributed by atoms with E-state index in [0.29, 0.717) is 6.54 Å². The molecule has 1 aliphatic heterocycles. The Balaban J connectivity index is 2.02. The van der Waals surface area contributed by atoms with Crippen molar-refractivity contribution in [3.63, 3.8) is 0 Å². The van der Waals surface area contributed by atoms with Crippen LogP contribution in [0, 0.1) is 0 Å². The number of methoxy groups -OCH3 is 1. The molecular weight excluding hydrogens is 274 g/mol. The Morgan fingerprint density at radius 1 is 1.23 bits per heavy atom. The third kappa shape index (κ3) is 2.40. The smallest absolute Gasteiger partial charge is 0.142 e. The number of para-hydroxylation sites is 2. The number of ether oxygens (including phenoxy) is 1. The average Bonchev–Trinajstić information content (AvgIpc) is 2.92. The van der Waals surface area contributed by atoms with Crippen LogP contribution in [0.4, 0.5) is 11.4 Å². The van der Waals surface area contributed by atoms with Crippen molar-refractivity contribution in [1.29, 1.82) is 0 Å². The summed E-state index contributed by atoms with van der Waals surface area (Å²) in [4.78, 5) is 4.46. The Hall–Kier alpha value is -2.20. The quantitative estimate of drug-likeness (QED) is 0.942. The largest absolute Gasteiger partial charge is 0.495 e. The molecule has 0 spiro atoms. The van der Waals surface area contributed by atoms with E-state index in [2.05, 4.69) is 48.2 Å². The van der Waals surface area contributed by atoms with Crippen LogP contribution in [0.1, 0.15) is 17.2 Å². The zero-order valence-corrected chi connectivity index (χ0v) is 13.4. The highest BCUT2D eigenvalue weighted by atomic mass is 16.5. The maximum absolute atomic E-state index is 6.10. The molecule has 22 heavy (non-hydrogen) atoms. The van der Waals surface area contributed by atoms with E-state index in [-0.39, 0.29) is 6.04 Å². The summed E-state index contributed by atoms with van der Waals surface area (Å²) in [5.74, 6) is 0.890. The van der Waals surface area contributed by atoms with Crippen LogP contribution < -0.4 is 20.3 Å². The lowest BCUT2D eigenvalue weighted by Crippen LogP contribution is -2.28. The fraction of sp³-hybridized carbons (Fsp3) is 0.333. The lowest BCUT2D eigenvalue weighted by Gasteiger charge is -2.28. The monoisotopic (exact) mass is 297 g/mol. The van der Waals surface area contributed by atoms with Crippen molar-refractivity contribution in [1.82, 2.24) is 0 Å². The minimum Gasteiger partial charge on any atom is -0.495 e. The number of anilines is 2. The van der Waals surface area contributed by atoms with Crippen LogP contribution >= 0.6 is 0 Å². The molecule has 1 heterocycles. The highest BCUT2D eigenvalue weighted by Gasteiger charge is 2.31. The maximum Gasteiger partial charge on any atom is 0.142 e. The van der Waals surface area contributed by atoms with E-state index in [0.717, 1.165) is 18.0 Å². The molecule has 0 amide bonds. The summed E-state index contributed by atoms with van der Waals surface area (Å²) in [7, 11) is 5.84. The van der Waals surface area contributed by atoms with E-state index in [1.54, 1.807) is 7.11 Å². The predicted molar refractivity (Wildman–Crippen MR) is 91.7 cm³/mol. The number of rotatable bonds is 4. The lowest BCUT2D eigenvalue weighted by molar-refractivity contribution is 0.413. The molecule has 2 aromatic carbocycles. The van der Waals surface area contributed by atoms with Gasteiger partial charge < -0.3 is 20.3 Å². The van der Waals surface area contributed by atoms with Gasteiger partial charge in [-0.25, -0.2) is 0 Å². The molecule has 2 aromatic rings. The zero-order valence-electron chi connectivity index (χ0n) is 13.4. The van der Waals surface area contributed by atoms with Gasteiger partial charge in [0.05, 0.1) is 18.8 Å². The second kappa shape index (κ2) is 5.89. The summed E-state index contributed by atoms with van der Waals surface area (Å²) >= 11 is 0. The van der Waals surface area contributed by atoms with Crippen molar-refractivity contribution in [2.24, 2.45) is 5.73 Å². The molecule has 0 bridgehead atoms. The van der Waals surface area contributed by atoms with E-state index >= 15 is 0 Å². The summed E-state index contributed by atoms with van der Waals surface area (Å²) in [5, 5.41) is 0. The zero-order chi connectivity index (χ0) is 15.7. The first-order valence-electron chi connectivity index (χ1n) is 7.55. The number of hydrogen-bond donors (Lipinski definition) is 1. The van der Waals surface area contributed by atoms with Gasteiger partial charge in [0, 0.05) is 32.9 Å². The van der Waals surface area contributed by atoms with E-state index in [1.807, 2.05) is 18.2 Å². The van der Waals surface area contributed by atoms with Crippen LogP contribution in [0.2, 0.25) is 0 Å². The summed E-state index contributed by atoms with van der Waals surface area (Å²) in [5.41, 5.74) is 11.1. The predicted octanol–water partition coefficient (Wildman–Crippen LogP) is 2.78. The Kier molecular flexibility index (Phi) is 3.94. The van der Waals surface area contributed by atoms with Crippen molar-refractivity contribution in [2.75, 3.05) is 37.5 Å². The van der Waals surface area contributed by atoms with Gasteiger partial charge in [0.15, 0.2) is 0 Å². The first kappa shape index (κ1) is 14.7. The average molecular weight is 297 g/mol. The van der Waals surface area contributed by atoms with E-state index in [4.69, 9.17) is 10.5 Å². The van der Waals surface area contributed by atoms with Gasteiger partial charge in [-0.05, 0) is 35.4 Å². The second-order valence-electron chi connectivity index (χ2n) is 5.83. The van der Waals surface area contributed by atoms with Gasteiger partial charge in [-0.2, -0.15) is 0 Å². The Labute approximate surface area is 132 Å². The van der Waals surface area contributed by atoms with E-state index in [9.17, 15) is 0 Å². The van der Waals surface area contributed by atoms with Crippen molar-refractivity contribution in [3.8, 4) is 5.75 Å².